The van der Waals surface area contributed by atoms with Crippen LogP contribution in [0.5, 0.6) is 11.5 Å². The minimum atomic E-state index is -4.08. The number of carbonyl (C=O) groups is 1. The topological polar surface area (TPSA) is 138 Å². The molecule has 0 aliphatic carbocycles. The van der Waals surface area contributed by atoms with E-state index in [4.69, 9.17) is 9.47 Å². The highest BCUT2D eigenvalue weighted by molar-refractivity contribution is 9.10. The maximum atomic E-state index is 16.4. The van der Waals surface area contributed by atoms with Crippen LogP contribution in [0.1, 0.15) is 62.0 Å². The van der Waals surface area contributed by atoms with Crippen LogP contribution in [0.2, 0.25) is 0 Å². The number of halogens is 3. The molecule has 0 bridgehead atoms. The molecule has 10 nitrogen and oxygen atoms in total. The molecule has 1 unspecified atom stereocenters. The zero-order chi connectivity index (χ0) is 41.8. The van der Waals surface area contributed by atoms with Gasteiger partial charge in [-0.2, -0.15) is 11.8 Å². The van der Waals surface area contributed by atoms with E-state index in [1.807, 2.05) is 52.0 Å². The van der Waals surface area contributed by atoms with Gasteiger partial charge in [-0.3, -0.25) is 4.79 Å². The number of aromatic amines is 1. The first-order chi connectivity index (χ1) is 27.6. The molecule has 2 heterocycles. The molecule has 0 amide bonds. The van der Waals surface area contributed by atoms with Crippen LogP contribution in [0.25, 0.3) is 22.3 Å². The zero-order valence-electron chi connectivity index (χ0n) is 32.5. The molecule has 0 saturated carbocycles. The van der Waals surface area contributed by atoms with Gasteiger partial charge >= 0.3 is 5.97 Å². The lowest BCUT2D eigenvalue weighted by Gasteiger charge is -2.27. The summed E-state index contributed by atoms with van der Waals surface area (Å²) < 4.78 is 88.2. The van der Waals surface area contributed by atoms with Gasteiger partial charge in [0, 0.05) is 45.5 Å². The molecule has 0 radical (unpaired) electrons. The molecule has 2 N–H and O–H groups in total. The number of hydrogen-bond donors (Lipinski definition) is 2. The van der Waals surface area contributed by atoms with Crippen LogP contribution in [0.4, 0.5) is 8.78 Å². The number of esters is 1. The number of hydrogen-bond acceptors (Lipinski definition) is 9. The molecular formula is C42H43BrF2N4O6S3. The predicted molar refractivity (Wildman–Crippen MR) is 229 cm³/mol. The largest absolute Gasteiger partial charge is 0.598 e. The van der Waals surface area contributed by atoms with E-state index in [2.05, 4.69) is 30.6 Å². The minimum Gasteiger partial charge on any atom is -0.598 e. The van der Waals surface area contributed by atoms with E-state index in [1.54, 1.807) is 36.2 Å². The average Bonchev–Trinajstić information content (AvgIpc) is 3.84. The number of thioether (sulfide) groups is 1. The van der Waals surface area contributed by atoms with E-state index in [1.165, 1.54) is 43.6 Å². The summed E-state index contributed by atoms with van der Waals surface area (Å²) in [6.45, 7) is 7.42. The lowest BCUT2D eigenvalue weighted by Crippen LogP contribution is -2.41. The van der Waals surface area contributed by atoms with Gasteiger partial charge < -0.3 is 19.0 Å². The third-order valence-corrected chi connectivity index (χ3v) is 14.1. The van der Waals surface area contributed by atoms with E-state index in [0.717, 1.165) is 25.6 Å². The van der Waals surface area contributed by atoms with Crippen molar-refractivity contribution in [2.45, 2.75) is 62.6 Å². The van der Waals surface area contributed by atoms with Gasteiger partial charge in [0.25, 0.3) is 10.0 Å². The Morgan fingerprint density at radius 1 is 1.05 bits per heavy atom. The standard InChI is InChI=1S/C42H43BrF2N4O6S3/c1-26-11-14-30(15-12-26)58(52,53)49-19-17-31-32(18-21-56-20-7-10-38(50)54-5)40(35(45)24-37(31)49)55-29-13-16-34(44)33(23-29)41-46-25-36(47-41)39(48-57(51)42(2,3)4)27-8-6-9-28(43)22-27/h6,8-9,11-17,19,22-25,39,48H,7,10,18,20-21H2,1-5H3,(H,46,47)/t39-,57?/m1/s1. The van der Waals surface area contributed by atoms with Crippen LogP contribution < -0.4 is 9.46 Å². The third-order valence-electron chi connectivity index (χ3n) is 9.22. The van der Waals surface area contributed by atoms with Gasteiger partial charge in [-0.15, -0.1) is 4.72 Å². The Bertz CT molecular complexity index is 2520. The summed E-state index contributed by atoms with van der Waals surface area (Å²) in [6, 6.07) is 20.1. The number of ether oxygens (including phenoxy) is 2. The van der Waals surface area contributed by atoms with E-state index < -0.39 is 43.8 Å². The van der Waals surface area contributed by atoms with Gasteiger partial charge in [-0.05, 0) is 106 Å². The summed E-state index contributed by atoms with van der Waals surface area (Å²) in [7, 11) is -2.74. The SMILES string of the molecule is COC(=O)CCCSCCc1c(Oc2ccc(F)c(-c3ncc([C@H](N[S+]([O-])C(C)(C)C)c4cccc(Br)c4)[nH]3)c2)c(F)cc2c1ccn2S(=O)(=O)c1ccc(C)cc1. The first kappa shape index (κ1) is 43.4. The van der Waals surface area contributed by atoms with Gasteiger partial charge in [0.1, 0.15) is 28.2 Å². The highest BCUT2D eigenvalue weighted by atomic mass is 79.9. The molecule has 0 aliphatic rings. The van der Waals surface area contributed by atoms with Gasteiger partial charge in [0.2, 0.25) is 0 Å². The number of carbonyl (C=O) groups excluding carboxylic acids is 1. The zero-order valence-corrected chi connectivity index (χ0v) is 36.5. The molecule has 16 heteroatoms. The minimum absolute atomic E-state index is 0.0493. The fourth-order valence-corrected chi connectivity index (χ4v) is 9.62. The van der Waals surface area contributed by atoms with Crippen molar-refractivity contribution in [2.75, 3.05) is 18.6 Å². The second kappa shape index (κ2) is 18.4. The number of nitrogens with one attached hydrogen (secondary N) is 2. The smallest absolute Gasteiger partial charge is 0.305 e. The highest BCUT2D eigenvalue weighted by Gasteiger charge is 2.32. The van der Waals surface area contributed by atoms with Crippen LogP contribution >= 0.6 is 27.7 Å². The van der Waals surface area contributed by atoms with E-state index in [9.17, 15) is 17.8 Å². The number of imidazole rings is 1. The van der Waals surface area contributed by atoms with Crippen molar-refractivity contribution in [1.82, 2.24) is 18.7 Å². The fraction of sp³-hybridized carbons (Fsp3) is 0.286. The number of H-pyrrole nitrogens is 1. The van der Waals surface area contributed by atoms with Gasteiger partial charge in [0.15, 0.2) is 11.6 Å². The maximum absolute atomic E-state index is 16.4. The predicted octanol–water partition coefficient (Wildman–Crippen LogP) is 9.78. The Balaban J connectivity index is 1.35. The van der Waals surface area contributed by atoms with Crippen LogP contribution in [0.15, 0.2) is 101 Å². The summed E-state index contributed by atoms with van der Waals surface area (Å²) >= 11 is 3.58. The number of benzene rings is 4. The number of aromatic nitrogens is 3. The summed E-state index contributed by atoms with van der Waals surface area (Å²) in [5.74, 6) is -0.432. The molecule has 0 saturated heterocycles. The van der Waals surface area contributed by atoms with Gasteiger partial charge in [-0.1, -0.05) is 45.8 Å². The second-order valence-corrected chi connectivity index (χ2v) is 20.4. The number of rotatable bonds is 16. The van der Waals surface area contributed by atoms with E-state index in [-0.39, 0.29) is 52.1 Å². The van der Waals surface area contributed by atoms with E-state index in [0.29, 0.717) is 34.6 Å². The first-order valence-corrected chi connectivity index (χ1v) is 22.9. The molecule has 306 valence electrons. The molecular weight excluding hydrogens is 871 g/mol. The Labute approximate surface area is 352 Å². The quantitative estimate of drug-likeness (QED) is 0.0552. The van der Waals surface area contributed by atoms with Crippen molar-refractivity contribution >= 4 is 65.9 Å². The number of fused-ring (bicyclic) bond motifs is 1. The molecule has 2 atom stereocenters. The molecule has 4 aromatic carbocycles. The van der Waals surface area contributed by atoms with Gasteiger partial charge in [0.05, 0.1) is 35.0 Å². The van der Waals surface area contributed by atoms with Crippen LogP contribution in [0.3, 0.4) is 0 Å². The number of methoxy groups -OCH3 is 1. The second-order valence-electron chi connectivity index (χ2n) is 14.5. The van der Waals surface area contributed by atoms with E-state index >= 15 is 8.78 Å². The lowest BCUT2D eigenvalue weighted by atomic mass is 10.1. The summed E-state index contributed by atoms with van der Waals surface area (Å²) in [5.41, 5.74) is 2.83. The Morgan fingerprint density at radius 3 is 2.52 bits per heavy atom. The molecule has 6 aromatic rings. The lowest BCUT2D eigenvalue weighted by molar-refractivity contribution is -0.140. The molecule has 0 aliphatic heterocycles. The van der Waals surface area contributed by atoms with Crippen molar-refractivity contribution < 1.29 is 36.0 Å². The van der Waals surface area contributed by atoms with Crippen molar-refractivity contribution in [1.29, 1.82) is 0 Å². The average molecular weight is 914 g/mol. The van der Waals surface area contributed by atoms with Crippen molar-refractivity contribution in [3.8, 4) is 22.9 Å². The van der Waals surface area contributed by atoms with Crippen molar-refractivity contribution in [3.05, 3.63) is 130 Å². The Hall–Kier alpha value is -4.19. The molecule has 2 aromatic heterocycles. The maximum Gasteiger partial charge on any atom is 0.305 e. The fourth-order valence-electron chi connectivity index (χ4n) is 6.13. The van der Waals surface area contributed by atoms with Crippen LogP contribution in [0, 0.1) is 18.6 Å². The molecule has 58 heavy (non-hydrogen) atoms. The number of nitrogens with zero attached hydrogens (tertiary/aromatic N) is 2. The summed E-state index contributed by atoms with van der Waals surface area (Å²) in [4.78, 5) is 19.3. The Kier molecular flexibility index (Phi) is 13.8. The molecule has 0 spiro atoms. The normalized spacial score (nSPS) is 13.1. The molecule has 0 fully saturated rings. The van der Waals surface area contributed by atoms with Gasteiger partial charge in [-0.25, -0.2) is 26.2 Å². The van der Waals surface area contributed by atoms with Crippen LogP contribution in [-0.2, 0) is 37.3 Å². The first-order valence-electron chi connectivity index (χ1n) is 18.3. The van der Waals surface area contributed by atoms with Crippen LogP contribution in [-0.4, -0.2) is 56.2 Å². The molecule has 6 rings (SSSR count). The summed E-state index contributed by atoms with van der Waals surface area (Å²) in [5, 5.41) is 0.471. The number of aryl methyl sites for hydroxylation is 2. The van der Waals surface area contributed by atoms with Crippen molar-refractivity contribution in [3.63, 3.8) is 0 Å². The summed E-state index contributed by atoms with van der Waals surface area (Å²) in [6.07, 6.45) is 4.09. The third kappa shape index (κ3) is 9.97. The Morgan fingerprint density at radius 2 is 1.81 bits per heavy atom. The van der Waals surface area contributed by atoms with Crippen molar-refractivity contribution in [2.24, 2.45) is 0 Å². The highest BCUT2D eigenvalue weighted by Crippen LogP contribution is 2.39. The monoisotopic (exact) mass is 912 g/mol.